The molecule has 0 amide bonds. The summed E-state index contributed by atoms with van der Waals surface area (Å²) in [4.78, 5) is 0. The number of benzene rings is 2. The largest absolute Gasteiger partial charge is 0.490 e. The van der Waals surface area contributed by atoms with Gasteiger partial charge in [0.05, 0.1) is 6.04 Å². The normalized spacial score (nSPS) is 18.5. The van der Waals surface area contributed by atoms with Crippen molar-refractivity contribution in [3.8, 4) is 5.75 Å². The molecule has 2 aromatic carbocycles. The second-order valence-corrected chi connectivity index (χ2v) is 6.34. The van der Waals surface area contributed by atoms with E-state index in [2.05, 4.69) is 60.1 Å². The van der Waals surface area contributed by atoms with Crippen LogP contribution in [0.3, 0.4) is 0 Å². The van der Waals surface area contributed by atoms with Gasteiger partial charge in [0.15, 0.2) is 0 Å². The predicted octanol–water partition coefficient (Wildman–Crippen LogP) is 4.13. The Labute approximate surface area is 128 Å². The average molecular weight is 332 g/mol. The van der Waals surface area contributed by atoms with Gasteiger partial charge in [-0.1, -0.05) is 40.2 Å². The standard InChI is InChI=1S/C17H18BrNO/c1-10-3-4-13(9-15(10)18)17(19)12-5-6-16-14(8-12)7-11(2)20-16/h3-6,8-9,11,17H,7,19H2,1-2H3. The summed E-state index contributed by atoms with van der Waals surface area (Å²) >= 11 is 3.57. The van der Waals surface area contributed by atoms with Gasteiger partial charge >= 0.3 is 0 Å². The molecule has 0 spiro atoms. The van der Waals surface area contributed by atoms with E-state index in [1.54, 1.807) is 0 Å². The van der Waals surface area contributed by atoms with Crippen molar-refractivity contribution in [2.45, 2.75) is 32.4 Å². The van der Waals surface area contributed by atoms with Crippen LogP contribution in [0.15, 0.2) is 40.9 Å². The molecule has 0 aliphatic carbocycles. The van der Waals surface area contributed by atoms with Crippen LogP contribution in [0.4, 0.5) is 0 Å². The van der Waals surface area contributed by atoms with E-state index in [1.807, 2.05) is 6.07 Å². The topological polar surface area (TPSA) is 35.2 Å². The third-order valence-electron chi connectivity index (χ3n) is 3.83. The Balaban J connectivity index is 1.93. The van der Waals surface area contributed by atoms with E-state index in [0.29, 0.717) is 0 Å². The third kappa shape index (κ3) is 2.48. The highest BCUT2D eigenvalue weighted by Crippen LogP contribution is 2.32. The lowest BCUT2D eigenvalue weighted by molar-refractivity contribution is 0.254. The zero-order chi connectivity index (χ0) is 14.3. The lowest BCUT2D eigenvalue weighted by Crippen LogP contribution is -2.12. The molecule has 3 heteroatoms. The van der Waals surface area contributed by atoms with Gasteiger partial charge < -0.3 is 10.5 Å². The van der Waals surface area contributed by atoms with Crippen LogP contribution in [0.5, 0.6) is 5.75 Å². The summed E-state index contributed by atoms with van der Waals surface area (Å²) in [6.45, 7) is 4.17. The molecule has 20 heavy (non-hydrogen) atoms. The highest BCUT2D eigenvalue weighted by molar-refractivity contribution is 9.10. The van der Waals surface area contributed by atoms with Gasteiger partial charge in [-0.05, 0) is 48.2 Å². The number of aryl methyl sites for hydroxylation is 1. The molecule has 1 heterocycles. The fraction of sp³-hybridized carbons (Fsp3) is 0.294. The number of ether oxygens (including phenoxy) is 1. The molecule has 1 aliphatic heterocycles. The predicted molar refractivity (Wildman–Crippen MR) is 85.1 cm³/mol. The van der Waals surface area contributed by atoms with Crippen molar-refractivity contribution >= 4 is 15.9 Å². The maximum absolute atomic E-state index is 6.40. The number of hydrogen-bond acceptors (Lipinski definition) is 2. The van der Waals surface area contributed by atoms with Gasteiger partial charge in [-0.25, -0.2) is 0 Å². The van der Waals surface area contributed by atoms with Gasteiger partial charge in [0.1, 0.15) is 11.9 Å². The summed E-state index contributed by atoms with van der Waals surface area (Å²) in [5.74, 6) is 0.999. The molecule has 2 unspecified atom stereocenters. The van der Waals surface area contributed by atoms with Crippen LogP contribution >= 0.6 is 15.9 Å². The van der Waals surface area contributed by atoms with Crippen molar-refractivity contribution in [3.63, 3.8) is 0 Å². The Morgan fingerprint density at radius 2 is 1.90 bits per heavy atom. The summed E-state index contributed by atoms with van der Waals surface area (Å²) in [6.07, 6.45) is 1.23. The first-order chi connectivity index (χ1) is 9.54. The molecule has 0 fully saturated rings. The Bertz CT molecular complexity index is 653. The molecule has 0 radical (unpaired) electrons. The Hall–Kier alpha value is -1.32. The van der Waals surface area contributed by atoms with Crippen molar-refractivity contribution in [3.05, 3.63) is 63.1 Å². The molecule has 104 valence electrons. The summed E-state index contributed by atoms with van der Waals surface area (Å²) in [6, 6.07) is 12.5. The average Bonchev–Trinajstić information content (AvgIpc) is 2.80. The third-order valence-corrected chi connectivity index (χ3v) is 4.69. The van der Waals surface area contributed by atoms with Crippen molar-refractivity contribution < 1.29 is 4.74 Å². The van der Waals surface area contributed by atoms with Crippen LogP contribution in [-0.2, 0) is 6.42 Å². The number of rotatable bonds is 2. The number of fused-ring (bicyclic) bond motifs is 1. The lowest BCUT2D eigenvalue weighted by atomic mass is 9.96. The van der Waals surface area contributed by atoms with Gasteiger partial charge in [-0.3, -0.25) is 0 Å². The van der Waals surface area contributed by atoms with Crippen LogP contribution in [-0.4, -0.2) is 6.10 Å². The van der Waals surface area contributed by atoms with E-state index in [0.717, 1.165) is 27.8 Å². The molecule has 0 saturated heterocycles. The molecule has 2 nitrogen and oxygen atoms in total. The van der Waals surface area contributed by atoms with Gasteiger partial charge in [-0.2, -0.15) is 0 Å². The SMILES string of the molecule is Cc1ccc(C(N)c2ccc3c(c2)CC(C)O3)cc1Br. The Kier molecular flexibility index (Phi) is 3.57. The molecule has 0 saturated carbocycles. The number of hydrogen-bond donors (Lipinski definition) is 1. The van der Waals surface area contributed by atoms with Crippen LogP contribution in [0.1, 0.15) is 35.2 Å². The molecule has 1 aliphatic rings. The summed E-state index contributed by atoms with van der Waals surface area (Å²) in [5, 5.41) is 0. The van der Waals surface area contributed by atoms with E-state index in [4.69, 9.17) is 10.5 Å². The zero-order valence-corrected chi connectivity index (χ0v) is 13.3. The quantitative estimate of drug-likeness (QED) is 0.897. The minimum atomic E-state index is -0.104. The van der Waals surface area contributed by atoms with E-state index < -0.39 is 0 Å². The number of halogens is 1. The maximum Gasteiger partial charge on any atom is 0.123 e. The molecular formula is C17H18BrNO. The van der Waals surface area contributed by atoms with Gasteiger partial charge in [0.25, 0.3) is 0 Å². The fourth-order valence-electron chi connectivity index (χ4n) is 2.63. The number of nitrogens with two attached hydrogens (primary N) is 1. The first-order valence-corrected chi connectivity index (χ1v) is 7.65. The second kappa shape index (κ2) is 5.23. The highest BCUT2D eigenvalue weighted by Gasteiger charge is 2.20. The van der Waals surface area contributed by atoms with Crippen molar-refractivity contribution in [1.82, 2.24) is 0 Å². The molecule has 2 atom stereocenters. The summed E-state index contributed by atoms with van der Waals surface area (Å²) < 4.78 is 6.83. The van der Waals surface area contributed by atoms with Crippen LogP contribution in [0.2, 0.25) is 0 Å². The first-order valence-electron chi connectivity index (χ1n) is 6.85. The van der Waals surface area contributed by atoms with Gasteiger partial charge in [0, 0.05) is 10.9 Å². The molecular weight excluding hydrogens is 314 g/mol. The molecule has 2 N–H and O–H groups in total. The minimum Gasteiger partial charge on any atom is -0.490 e. The molecule has 0 aromatic heterocycles. The maximum atomic E-state index is 6.40. The van der Waals surface area contributed by atoms with Crippen molar-refractivity contribution in [1.29, 1.82) is 0 Å². The molecule has 2 aromatic rings. The molecule has 3 rings (SSSR count). The Morgan fingerprint density at radius 3 is 2.65 bits per heavy atom. The minimum absolute atomic E-state index is 0.104. The lowest BCUT2D eigenvalue weighted by Gasteiger charge is -2.14. The van der Waals surface area contributed by atoms with E-state index in [9.17, 15) is 0 Å². The van der Waals surface area contributed by atoms with Crippen molar-refractivity contribution in [2.75, 3.05) is 0 Å². The Morgan fingerprint density at radius 1 is 1.20 bits per heavy atom. The highest BCUT2D eigenvalue weighted by atomic mass is 79.9. The summed E-state index contributed by atoms with van der Waals surface area (Å²) in [5.41, 5.74) is 11.1. The van der Waals surface area contributed by atoms with E-state index >= 15 is 0 Å². The first kappa shape index (κ1) is 13.7. The zero-order valence-electron chi connectivity index (χ0n) is 11.7. The van der Waals surface area contributed by atoms with Gasteiger partial charge in [0.2, 0.25) is 0 Å². The van der Waals surface area contributed by atoms with E-state index in [1.165, 1.54) is 11.1 Å². The summed E-state index contributed by atoms with van der Waals surface area (Å²) in [7, 11) is 0. The smallest absolute Gasteiger partial charge is 0.123 e. The second-order valence-electron chi connectivity index (χ2n) is 5.49. The van der Waals surface area contributed by atoms with Crippen LogP contribution < -0.4 is 10.5 Å². The monoisotopic (exact) mass is 331 g/mol. The fourth-order valence-corrected chi connectivity index (χ4v) is 3.03. The van der Waals surface area contributed by atoms with Crippen LogP contribution in [0, 0.1) is 6.92 Å². The van der Waals surface area contributed by atoms with Crippen molar-refractivity contribution in [2.24, 2.45) is 5.73 Å². The van der Waals surface area contributed by atoms with Crippen LogP contribution in [0.25, 0.3) is 0 Å². The molecule has 0 bridgehead atoms. The van der Waals surface area contributed by atoms with Gasteiger partial charge in [-0.15, -0.1) is 0 Å². The van der Waals surface area contributed by atoms with E-state index in [-0.39, 0.29) is 12.1 Å².